The highest BCUT2D eigenvalue weighted by molar-refractivity contribution is 6.47. The highest BCUT2D eigenvalue weighted by atomic mass is 35.5. The highest BCUT2D eigenvalue weighted by Gasteiger charge is 2.07. The Hall–Kier alpha value is -0.140. The van der Waals surface area contributed by atoms with Crippen molar-refractivity contribution in [1.82, 2.24) is 0 Å². The molecule has 2 aromatic rings. The average Bonchev–Trinajstić information content (AvgIpc) is 2.12. The van der Waals surface area contributed by atoms with E-state index in [0.717, 1.165) is 10.8 Å². The molecule has 0 N–H and O–H groups in total. The van der Waals surface area contributed by atoms with Gasteiger partial charge in [-0.25, -0.2) is 0 Å². The van der Waals surface area contributed by atoms with Gasteiger partial charge in [0.05, 0.1) is 10.0 Å². The molecule has 0 aromatic heterocycles. The van der Waals surface area contributed by atoms with Gasteiger partial charge in [0.1, 0.15) is 0 Å². The van der Waals surface area contributed by atoms with E-state index >= 15 is 0 Å². The van der Waals surface area contributed by atoms with Crippen molar-refractivity contribution < 1.29 is 0 Å². The van der Waals surface area contributed by atoms with Gasteiger partial charge in [-0.2, -0.15) is 0 Å². The molecule has 0 radical (unpaired) electrons. The minimum Gasteiger partial charge on any atom is -0.0843 e. The molecule has 0 amide bonds. The molecule has 0 fully saturated rings. The van der Waals surface area contributed by atoms with Crippen LogP contribution in [-0.2, 0) is 0 Å². The van der Waals surface area contributed by atoms with Crippen LogP contribution >= 0.6 is 46.4 Å². The zero-order chi connectivity index (χ0) is 10.3. The van der Waals surface area contributed by atoms with Crippen LogP contribution in [0.4, 0.5) is 0 Å². The summed E-state index contributed by atoms with van der Waals surface area (Å²) in [5, 5.41) is 3.73. The maximum atomic E-state index is 6.02. The molecule has 0 unspecified atom stereocenters. The number of fused-ring (bicyclic) bond motifs is 1. The molecule has 0 saturated heterocycles. The molecule has 2 aromatic carbocycles. The normalized spacial score (nSPS) is 10.9. The summed E-state index contributed by atoms with van der Waals surface area (Å²) in [7, 11) is 0. The highest BCUT2D eigenvalue weighted by Crippen LogP contribution is 2.36. The average molecular weight is 266 g/mol. The van der Waals surface area contributed by atoms with Gasteiger partial charge in [-0.1, -0.05) is 52.5 Å². The number of hydrogen-bond donors (Lipinski definition) is 0. The molecule has 0 nitrogen and oxygen atoms in total. The second kappa shape index (κ2) is 3.79. The summed E-state index contributed by atoms with van der Waals surface area (Å²) in [6.45, 7) is 0. The van der Waals surface area contributed by atoms with Gasteiger partial charge in [0, 0.05) is 20.8 Å². The van der Waals surface area contributed by atoms with Gasteiger partial charge in [0.15, 0.2) is 0 Å². The third-order valence-corrected chi connectivity index (χ3v) is 3.29. The number of hydrogen-bond acceptors (Lipinski definition) is 0. The Balaban J connectivity index is 2.95. The molecule has 2 rings (SSSR count). The second-order valence-electron chi connectivity index (χ2n) is 2.84. The molecule has 0 aliphatic heterocycles. The first-order valence-electron chi connectivity index (χ1n) is 3.82. The van der Waals surface area contributed by atoms with Gasteiger partial charge < -0.3 is 0 Å². The molecule has 0 aliphatic carbocycles. The molecule has 72 valence electrons. The standard InChI is InChI=1S/C10H4Cl4/c11-5-3-7-6(9(13)4-5)1-2-8(12)10(7)14/h1-4H. The summed E-state index contributed by atoms with van der Waals surface area (Å²) in [4.78, 5) is 0. The van der Waals surface area contributed by atoms with Crippen molar-refractivity contribution >= 4 is 57.2 Å². The summed E-state index contributed by atoms with van der Waals surface area (Å²) in [6, 6.07) is 6.96. The first kappa shape index (κ1) is 10.4. The van der Waals surface area contributed by atoms with Crippen LogP contribution in [0.15, 0.2) is 24.3 Å². The maximum absolute atomic E-state index is 6.02. The van der Waals surface area contributed by atoms with E-state index in [9.17, 15) is 0 Å². The van der Waals surface area contributed by atoms with Gasteiger partial charge in [-0.15, -0.1) is 0 Å². The predicted molar refractivity (Wildman–Crippen MR) is 64.0 cm³/mol. The lowest BCUT2D eigenvalue weighted by Crippen LogP contribution is -1.78. The number of halogens is 4. The lowest BCUT2D eigenvalue weighted by Gasteiger charge is -2.04. The molecule has 0 saturated carbocycles. The van der Waals surface area contributed by atoms with Crippen molar-refractivity contribution in [3.05, 3.63) is 44.4 Å². The van der Waals surface area contributed by atoms with E-state index in [2.05, 4.69) is 0 Å². The summed E-state index contributed by atoms with van der Waals surface area (Å²) >= 11 is 23.8. The van der Waals surface area contributed by atoms with Crippen molar-refractivity contribution in [3.8, 4) is 0 Å². The van der Waals surface area contributed by atoms with E-state index in [1.54, 1.807) is 18.2 Å². The summed E-state index contributed by atoms with van der Waals surface area (Å²) < 4.78 is 0. The molecule has 0 atom stereocenters. The van der Waals surface area contributed by atoms with Crippen LogP contribution in [0.25, 0.3) is 10.8 Å². The van der Waals surface area contributed by atoms with Gasteiger partial charge in [0.2, 0.25) is 0 Å². The van der Waals surface area contributed by atoms with Crippen molar-refractivity contribution in [1.29, 1.82) is 0 Å². The molecule has 0 bridgehead atoms. The van der Waals surface area contributed by atoms with Crippen LogP contribution in [0.1, 0.15) is 0 Å². The van der Waals surface area contributed by atoms with Crippen LogP contribution in [0.2, 0.25) is 20.1 Å². The van der Waals surface area contributed by atoms with E-state index in [0.29, 0.717) is 20.1 Å². The molecular weight excluding hydrogens is 262 g/mol. The summed E-state index contributed by atoms with van der Waals surface area (Å²) in [5.41, 5.74) is 0. The van der Waals surface area contributed by atoms with Gasteiger partial charge in [-0.05, 0) is 18.2 Å². The predicted octanol–water partition coefficient (Wildman–Crippen LogP) is 5.45. The van der Waals surface area contributed by atoms with E-state index in [1.807, 2.05) is 6.07 Å². The Bertz CT molecular complexity index is 505. The zero-order valence-corrected chi connectivity index (χ0v) is 9.84. The van der Waals surface area contributed by atoms with Crippen molar-refractivity contribution in [2.75, 3.05) is 0 Å². The SMILES string of the molecule is Clc1cc(Cl)c2ccc(Cl)c(Cl)c2c1. The third-order valence-electron chi connectivity index (χ3n) is 1.94. The van der Waals surface area contributed by atoms with Gasteiger partial charge in [-0.3, -0.25) is 0 Å². The Kier molecular flexibility index (Phi) is 2.81. The summed E-state index contributed by atoms with van der Waals surface area (Å²) in [6.07, 6.45) is 0. The molecule has 0 heterocycles. The Morgan fingerprint density at radius 2 is 1.43 bits per heavy atom. The van der Waals surface area contributed by atoms with E-state index < -0.39 is 0 Å². The summed E-state index contributed by atoms with van der Waals surface area (Å²) in [5.74, 6) is 0. The first-order chi connectivity index (χ1) is 6.59. The molecule has 0 aliphatic rings. The Labute approximate surface area is 101 Å². The molecular formula is C10H4Cl4. The smallest absolute Gasteiger partial charge is 0.0671 e. The topological polar surface area (TPSA) is 0 Å². The first-order valence-corrected chi connectivity index (χ1v) is 5.33. The van der Waals surface area contributed by atoms with Crippen LogP contribution in [0.3, 0.4) is 0 Å². The fourth-order valence-corrected chi connectivity index (χ4v) is 2.23. The minimum atomic E-state index is 0.480. The van der Waals surface area contributed by atoms with Crippen LogP contribution < -0.4 is 0 Å². The zero-order valence-electron chi connectivity index (χ0n) is 6.82. The number of rotatable bonds is 0. The molecule has 0 spiro atoms. The van der Waals surface area contributed by atoms with Gasteiger partial charge in [0.25, 0.3) is 0 Å². The van der Waals surface area contributed by atoms with Gasteiger partial charge >= 0.3 is 0 Å². The van der Waals surface area contributed by atoms with E-state index in [1.165, 1.54) is 0 Å². The van der Waals surface area contributed by atoms with Crippen LogP contribution in [-0.4, -0.2) is 0 Å². The maximum Gasteiger partial charge on any atom is 0.0671 e. The fraction of sp³-hybridized carbons (Fsp3) is 0. The van der Waals surface area contributed by atoms with Crippen molar-refractivity contribution in [2.24, 2.45) is 0 Å². The van der Waals surface area contributed by atoms with Crippen LogP contribution in [0.5, 0.6) is 0 Å². The van der Waals surface area contributed by atoms with Crippen molar-refractivity contribution in [3.63, 3.8) is 0 Å². The van der Waals surface area contributed by atoms with Crippen LogP contribution in [0, 0.1) is 0 Å². The molecule has 14 heavy (non-hydrogen) atoms. The second-order valence-corrected chi connectivity index (χ2v) is 4.47. The Morgan fingerprint density at radius 1 is 0.714 bits per heavy atom. The van der Waals surface area contributed by atoms with Crippen molar-refractivity contribution in [2.45, 2.75) is 0 Å². The largest absolute Gasteiger partial charge is 0.0843 e. The lowest BCUT2D eigenvalue weighted by molar-refractivity contribution is 1.74. The fourth-order valence-electron chi connectivity index (χ4n) is 1.29. The van der Waals surface area contributed by atoms with E-state index in [4.69, 9.17) is 46.4 Å². The quantitative estimate of drug-likeness (QED) is 0.594. The lowest BCUT2D eigenvalue weighted by atomic mass is 10.1. The Morgan fingerprint density at radius 3 is 2.14 bits per heavy atom. The van der Waals surface area contributed by atoms with E-state index in [-0.39, 0.29) is 0 Å². The molecule has 4 heteroatoms. The number of benzene rings is 2. The monoisotopic (exact) mass is 264 g/mol. The third kappa shape index (κ3) is 1.68. The minimum absolute atomic E-state index is 0.480.